The van der Waals surface area contributed by atoms with Gasteiger partial charge in [0.05, 0.1) is 50.9 Å². The second-order valence-corrected chi connectivity index (χ2v) is 15.0. The lowest BCUT2D eigenvalue weighted by Gasteiger charge is -2.42. The molecule has 6 nitrogen and oxygen atoms in total. The fourth-order valence-electron chi connectivity index (χ4n) is 9.35. The van der Waals surface area contributed by atoms with E-state index in [4.69, 9.17) is 9.97 Å². The van der Waals surface area contributed by atoms with Crippen molar-refractivity contribution in [2.75, 3.05) is 19.6 Å². The first-order valence-electron chi connectivity index (χ1n) is 19.9. The van der Waals surface area contributed by atoms with Crippen LogP contribution < -0.4 is 19.6 Å². The standard InChI is InChI=1S/C52H36N6/c1-3-15-35(16-4-1)55-43-19-7-11-23-47(43)57(48-24-12-8-20-44(48)55)37-27-29-39-41(33-37)42-34-38(28-30-40(42)52-51(39)53-31-32-54-52)58-49-25-13-9-21-45(49)56(36-17-5-2-6-18-36)46-22-10-14-26-50(46)58/h1-9,11-21,23-34H,10,22H2. The number of hydrogen-bond donors (Lipinski definition) is 0. The second kappa shape index (κ2) is 12.9. The molecule has 58 heavy (non-hydrogen) atoms. The molecule has 0 amide bonds. The van der Waals surface area contributed by atoms with Crippen molar-refractivity contribution in [2.24, 2.45) is 0 Å². The van der Waals surface area contributed by atoms with Crippen molar-refractivity contribution in [3.8, 4) is 0 Å². The lowest BCUT2D eigenvalue weighted by molar-refractivity contribution is 0.868. The molecule has 0 spiro atoms. The predicted molar refractivity (Wildman–Crippen MR) is 240 cm³/mol. The van der Waals surface area contributed by atoms with E-state index in [1.807, 2.05) is 0 Å². The van der Waals surface area contributed by atoms with Crippen molar-refractivity contribution in [1.82, 2.24) is 9.97 Å². The van der Waals surface area contributed by atoms with E-state index < -0.39 is 0 Å². The van der Waals surface area contributed by atoms with Gasteiger partial charge >= 0.3 is 0 Å². The van der Waals surface area contributed by atoms with Crippen LogP contribution in [-0.4, -0.2) is 9.97 Å². The van der Waals surface area contributed by atoms with Crippen molar-refractivity contribution < 1.29 is 0 Å². The molecule has 2 aliphatic heterocycles. The topological polar surface area (TPSA) is 38.7 Å². The summed E-state index contributed by atoms with van der Waals surface area (Å²) >= 11 is 0. The largest absolute Gasteiger partial charge is 0.310 e. The highest BCUT2D eigenvalue weighted by molar-refractivity contribution is 6.24. The molecule has 3 aliphatic rings. The minimum Gasteiger partial charge on any atom is -0.310 e. The quantitative estimate of drug-likeness (QED) is 0.167. The summed E-state index contributed by atoms with van der Waals surface area (Å²) in [5, 5.41) is 4.42. The van der Waals surface area contributed by atoms with Crippen molar-refractivity contribution in [3.05, 3.63) is 206 Å². The first-order valence-corrected chi connectivity index (χ1v) is 19.9. The van der Waals surface area contributed by atoms with E-state index >= 15 is 0 Å². The van der Waals surface area contributed by atoms with Gasteiger partial charge in [-0.1, -0.05) is 91.0 Å². The third kappa shape index (κ3) is 4.85. The normalized spacial score (nSPS) is 14.5. The van der Waals surface area contributed by atoms with Crippen molar-refractivity contribution in [2.45, 2.75) is 12.8 Å². The fourth-order valence-corrected chi connectivity index (χ4v) is 9.35. The lowest BCUT2D eigenvalue weighted by Crippen LogP contribution is -2.32. The van der Waals surface area contributed by atoms with Gasteiger partial charge in [-0.25, -0.2) is 0 Å². The zero-order valence-corrected chi connectivity index (χ0v) is 31.6. The highest BCUT2D eigenvalue weighted by Crippen LogP contribution is 2.55. The predicted octanol–water partition coefficient (Wildman–Crippen LogP) is 14.0. The molecule has 0 fully saturated rings. The van der Waals surface area contributed by atoms with Gasteiger partial charge in [0.25, 0.3) is 0 Å². The Morgan fingerprint density at radius 2 is 0.776 bits per heavy atom. The zero-order chi connectivity index (χ0) is 38.2. The average molecular weight is 745 g/mol. The Morgan fingerprint density at radius 3 is 1.29 bits per heavy atom. The summed E-state index contributed by atoms with van der Waals surface area (Å²) < 4.78 is 0. The van der Waals surface area contributed by atoms with E-state index in [1.165, 1.54) is 22.8 Å². The summed E-state index contributed by atoms with van der Waals surface area (Å²) in [6.07, 6.45) is 10.2. The molecule has 6 heteroatoms. The Labute approximate surface area is 336 Å². The molecule has 9 aromatic rings. The molecule has 12 rings (SSSR count). The molecule has 0 unspecified atom stereocenters. The zero-order valence-electron chi connectivity index (χ0n) is 31.6. The Balaban J connectivity index is 1.09. The smallest absolute Gasteiger partial charge is 0.0971 e. The summed E-state index contributed by atoms with van der Waals surface area (Å²) in [6, 6.07) is 61.3. The minimum absolute atomic E-state index is 0.904. The molecular weight excluding hydrogens is 709 g/mol. The van der Waals surface area contributed by atoms with Gasteiger partial charge in [0.15, 0.2) is 0 Å². The third-order valence-corrected chi connectivity index (χ3v) is 11.8. The first-order chi connectivity index (χ1) is 28.8. The van der Waals surface area contributed by atoms with Crippen LogP contribution in [0.1, 0.15) is 12.8 Å². The van der Waals surface area contributed by atoms with E-state index in [0.29, 0.717) is 0 Å². The highest BCUT2D eigenvalue weighted by atomic mass is 15.3. The first kappa shape index (κ1) is 32.5. The lowest BCUT2D eigenvalue weighted by atomic mass is 9.95. The van der Waals surface area contributed by atoms with E-state index in [-0.39, 0.29) is 0 Å². The van der Waals surface area contributed by atoms with Crippen LogP contribution >= 0.6 is 0 Å². The molecule has 3 heterocycles. The van der Waals surface area contributed by atoms with Crippen molar-refractivity contribution >= 4 is 89.5 Å². The average Bonchev–Trinajstić information content (AvgIpc) is 3.30. The third-order valence-electron chi connectivity index (χ3n) is 11.8. The van der Waals surface area contributed by atoms with E-state index in [2.05, 4.69) is 202 Å². The summed E-state index contributed by atoms with van der Waals surface area (Å²) in [6.45, 7) is 0. The van der Waals surface area contributed by atoms with Gasteiger partial charge in [0, 0.05) is 51.6 Å². The Morgan fingerprint density at radius 1 is 0.362 bits per heavy atom. The van der Waals surface area contributed by atoms with Gasteiger partial charge in [-0.2, -0.15) is 0 Å². The molecule has 1 aromatic heterocycles. The molecule has 1 aliphatic carbocycles. The van der Waals surface area contributed by atoms with E-state index in [0.717, 1.165) is 90.9 Å². The Bertz CT molecular complexity index is 3110. The summed E-state index contributed by atoms with van der Waals surface area (Å²) in [7, 11) is 0. The number of nitrogens with zero attached hydrogens (tertiary/aromatic N) is 6. The molecule has 274 valence electrons. The van der Waals surface area contributed by atoms with Gasteiger partial charge in [0.1, 0.15) is 0 Å². The van der Waals surface area contributed by atoms with Gasteiger partial charge in [-0.05, 0) is 115 Å². The molecule has 8 aromatic carbocycles. The maximum Gasteiger partial charge on any atom is 0.0971 e. The number of para-hydroxylation sites is 8. The SMILES string of the molecule is C1=CC2=C(CC1)N(c1ccccc1)c1ccccc1N2c1ccc2c(c1)c1cc(N3c4ccccc4N(c4ccccc4)c4ccccc43)ccc1c1nccnc21. The van der Waals surface area contributed by atoms with Gasteiger partial charge in [0.2, 0.25) is 0 Å². The minimum atomic E-state index is 0.904. The Hall–Kier alpha value is -7.70. The maximum absolute atomic E-state index is 4.94. The number of anilines is 10. The molecular formula is C52H36N6. The molecule has 0 saturated heterocycles. The monoisotopic (exact) mass is 744 g/mol. The Kier molecular flexibility index (Phi) is 7.25. The summed E-state index contributed by atoms with van der Waals surface area (Å²) in [4.78, 5) is 19.5. The van der Waals surface area contributed by atoms with Crippen LogP contribution in [0.2, 0.25) is 0 Å². The second-order valence-electron chi connectivity index (χ2n) is 15.0. The van der Waals surface area contributed by atoms with Crippen LogP contribution in [0.4, 0.5) is 56.9 Å². The molecule has 0 bridgehead atoms. The van der Waals surface area contributed by atoms with Crippen LogP contribution in [-0.2, 0) is 0 Å². The fraction of sp³-hybridized carbons (Fsp3) is 0.0385. The number of benzene rings is 8. The van der Waals surface area contributed by atoms with Crippen molar-refractivity contribution in [3.63, 3.8) is 0 Å². The van der Waals surface area contributed by atoms with Crippen LogP contribution in [0.25, 0.3) is 32.6 Å². The van der Waals surface area contributed by atoms with E-state index in [1.54, 1.807) is 12.4 Å². The van der Waals surface area contributed by atoms with Gasteiger partial charge < -0.3 is 19.6 Å². The summed E-state index contributed by atoms with van der Waals surface area (Å²) in [5.41, 5.74) is 15.6. The molecule has 0 atom stereocenters. The number of hydrogen-bond acceptors (Lipinski definition) is 6. The molecule has 0 radical (unpaired) electrons. The number of aromatic nitrogens is 2. The van der Waals surface area contributed by atoms with Crippen LogP contribution in [0, 0.1) is 0 Å². The summed E-state index contributed by atoms with van der Waals surface area (Å²) in [5.74, 6) is 0. The number of allylic oxidation sites excluding steroid dienone is 3. The number of rotatable bonds is 4. The number of fused-ring (bicyclic) bond motifs is 9. The molecule has 0 saturated carbocycles. The van der Waals surface area contributed by atoms with Gasteiger partial charge in [-0.3, -0.25) is 9.97 Å². The van der Waals surface area contributed by atoms with Crippen LogP contribution in [0.5, 0.6) is 0 Å². The maximum atomic E-state index is 4.94. The molecule has 0 N–H and O–H groups in total. The van der Waals surface area contributed by atoms with Crippen molar-refractivity contribution in [1.29, 1.82) is 0 Å². The van der Waals surface area contributed by atoms with E-state index in [9.17, 15) is 0 Å². The van der Waals surface area contributed by atoms with Crippen LogP contribution in [0.15, 0.2) is 206 Å². The van der Waals surface area contributed by atoms with Crippen LogP contribution in [0.3, 0.4) is 0 Å². The van der Waals surface area contributed by atoms with Gasteiger partial charge in [-0.15, -0.1) is 0 Å². The highest BCUT2D eigenvalue weighted by Gasteiger charge is 2.33.